The summed E-state index contributed by atoms with van der Waals surface area (Å²) in [6.45, 7) is 0.00571. The lowest BCUT2D eigenvalue weighted by Crippen LogP contribution is -2.26. The summed E-state index contributed by atoms with van der Waals surface area (Å²) in [7, 11) is 0. The molecule has 94 valence electrons. The number of carbonyl (C=O) groups excluding carboxylic acids is 1. The lowest BCUT2D eigenvalue weighted by atomic mass is 10.2. The minimum absolute atomic E-state index is 0.00571. The molecule has 1 aromatic rings. The van der Waals surface area contributed by atoms with Crippen LogP contribution in [0.1, 0.15) is 0 Å². The Labute approximate surface area is 103 Å². The first-order chi connectivity index (χ1) is 8.54. The van der Waals surface area contributed by atoms with Gasteiger partial charge in [-0.2, -0.15) is 4.99 Å². The molecular weight excluding hydrogens is 236 g/mol. The highest BCUT2D eigenvalue weighted by atomic mass is 16.5. The summed E-state index contributed by atoms with van der Waals surface area (Å²) < 4.78 is 5.20. The molecule has 8 heteroatoms. The molecule has 8 nitrogen and oxygen atoms in total. The molecule has 18 heavy (non-hydrogen) atoms. The molecule has 7 N–H and O–H groups in total. The fourth-order valence-electron chi connectivity index (χ4n) is 1.43. The molecule has 0 bridgehead atoms. The summed E-state index contributed by atoms with van der Waals surface area (Å²) in [6.07, 6.45) is 0. The zero-order valence-electron chi connectivity index (χ0n) is 9.38. The van der Waals surface area contributed by atoms with Crippen molar-refractivity contribution in [2.45, 2.75) is 0 Å². The largest absolute Gasteiger partial charge is 0.482 e. The predicted molar refractivity (Wildman–Crippen MR) is 67.7 cm³/mol. The molecule has 0 unspecified atom stereocenters. The summed E-state index contributed by atoms with van der Waals surface area (Å²) in [5.74, 6) is 0.110. The summed E-state index contributed by atoms with van der Waals surface area (Å²) in [5, 5.41) is 2.66. The van der Waals surface area contributed by atoms with E-state index in [0.29, 0.717) is 17.1 Å². The molecule has 0 saturated heterocycles. The Kier molecular flexibility index (Phi) is 3.00. The lowest BCUT2D eigenvalue weighted by molar-refractivity contribution is -0.118. The number of benzene rings is 1. The molecule has 0 saturated carbocycles. The topological polar surface area (TPSA) is 141 Å². The van der Waals surface area contributed by atoms with Gasteiger partial charge in [-0.05, 0) is 18.2 Å². The van der Waals surface area contributed by atoms with E-state index in [0.717, 1.165) is 0 Å². The number of amides is 1. The van der Waals surface area contributed by atoms with E-state index in [4.69, 9.17) is 21.9 Å². The van der Waals surface area contributed by atoms with Crippen molar-refractivity contribution in [3.05, 3.63) is 18.2 Å². The average Bonchev–Trinajstić information content (AvgIpc) is 2.27. The Morgan fingerprint density at radius 1 is 1.33 bits per heavy atom. The van der Waals surface area contributed by atoms with Gasteiger partial charge in [-0.3, -0.25) is 4.79 Å². The maximum Gasteiger partial charge on any atom is 0.262 e. The molecule has 0 fully saturated rings. The van der Waals surface area contributed by atoms with E-state index < -0.39 is 0 Å². The van der Waals surface area contributed by atoms with Gasteiger partial charge in [0.25, 0.3) is 5.91 Å². The van der Waals surface area contributed by atoms with E-state index in [1.165, 1.54) is 0 Å². The molecule has 2 rings (SSSR count). The predicted octanol–water partition coefficient (Wildman–Crippen LogP) is -0.763. The Morgan fingerprint density at radius 2 is 2.11 bits per heavy atom. The third-order valence-electron chi connectivity index (χ3n) is 2.08. The van der Waals surface area contributed by atoms with Gasteiger partial charge in [-0.1, -0.05) is 0 Å². The average molecular weight is 248 g/mol. The van der Waals surface area contributed by atoms with Crippen molar-refractivity contribution < 1.29 is 9.53 Å². The summed E-state index contributed by atoms with van der Waals surface area (Å²) in [5.41, 5.74) is 16.9. The first kappa shape index (κ1) is 11.7. The van der Waals surface area contributed by atoms with E-state index >= 15 is 0 Å². The van der Waals surface area contributed by atoms with Crippen molar-refractivity contribution in [2.75, 3.05) is 11.9 Å². The smallest absolute Gasteiger partial charge is 0.262 e. The number of ether oxygens (including phenoxy) is 1. The van der Waals surface area contributed by atoms with Crippen LogP contribution in [0.25, 0.3) is 0 Å². The Balaban J connectivity index is 2.29. The zero-order chi connectivity index (χ0) is 13.1. The molecule has 1 aromatic carbocycles. The van der Waals surface area contributed by atoms with Crippen LogP contribution in [0.4, 0.5) is 11.4 Å². The van der Waals surface area contributed by atoms with E-state index in [1.54, 1.807) is 18.2 Å². The van der Waals surface area contributed by atoms with Crippen LogP contribution in [0.5, 0.6) is 5.75 Å². The van der Waals surface area contributed by atoms with E-state index in [2.05, 4.69) is 15.3 Å². The first-order valence-corrected chi connectivity index (χ1v) is 5.05. The highest BCUT2D eigenvalue weighted by Gasteiger charge is 2.15. The first-order valence-electron chi connectivity index (χ1n) is 5.05. The number of anilines is 1. The molecule has 0 spiro atoms. The Bertz CT molecular complexity index is 547. The number of nitrogens with one attached hydrogen (secondary N) is 1. The molecule has 1 aliphatic heterocycles. The number of guanidine groups is 2. The second-order valence-corrected chi connectivity index (χ2v) is 3.52. The number of aliphatic imine (C=N–C) groups is 2. The number of hydrogen-bond acceptors (Lipinski definition) is 3. The third kappa shape index (κ3) is 2.67. The zero-order valence-corrected chi connectivity index (χ0v) is 9.38. The van der Waals surface area contributed by atoms with Gasteiger partial charge in [0.1, 0.15) is 5.75 Å². The summed E-state index contributed by atoms with van der Waals surface area (Å²) in [4.78, 5) is 18.7. The van der Waals surface area contributed by atoms with Crippen LogP contribution in [0, 0.1) is 0 Å². The van der Waals surface area contributed by atoms with Gasteiger partial charge in [-0.25, -0.2) is 4.99 Å². The molecule has 0 aliphatic carbocycles. The lowest BCUT2D eigenvalue weighted by Gasteiger charge is -2.17. The van der Waals surface area contributed by atoms with Crippen LogP contribution in [-0.4, -0.2) is 24.4 Å². The quantitative estimate of drug-likeness (QED) is 0.381. The fourth-order valence-corrected chi connectivity index (χ4v) is 1.43. The van der Waals surface area contributed by atoms with Crippen LogP contribution in [0.3, 0.4) is 0 Å². The second kappa shape index (κ2) is 4.62. The van der Waals surface area contributed by atoms with Crippen molar-refractivity contribution >= 4 is 29.2 Å². The van der Waals surface area contributed by atoms with Crippen LogP contribution in [0.15, 0.2) is 28.2 Å². The standard InChI is InChI=1S/C10H12N6O2/c11-9(12)16-10(13)14-5-1-2-7-6(3-5)15-8(17)4-18-7/h1-3H,4H2,(H,15,17)(H6,11,12,13,14,16). The van der Waals surface area contributed by atoms with Gasteiger partial charge in [-0.15, -0.1) is 0 Å². The molecule has 1 aliphatic rings. The van der Waals surface area contributed by atoms with Crippen LogP contribution < -0.4 is 27.3 Å². The number of nitrogens with zero attached hydrogens (tertiary/aromatic N) is 2. The van der Waals surface area contributed by atoms with E-state index in [1.807, 2.05) is 0 Å². The van der Waals surface area contributed by atoms with Gasteiger partial charge < -0.3 is 27.3 Å². The van der Waals surface area contributed by atoms with Gasteiger partial charge >= 0.3 is 0 Å². The number of rotatable bonds is 1. The summed E-state index contributed by atoms with van der Waals surface area (Å²) in [6, 6.07) is 4.96. The highest BCUT2D eigenvalue weighted by molar-refractivity contribution is 5.97. The van der Waals surface area contributed by atoms with Crippen LogP contribution in [-0.2, 0) is 4.79 Å². The third-order valence-corrected chi connectivity index (χ3v) is 2.08. The minimum atomic E-state index is -0.221. The Morgan fingerprint density at radius 3 is 2.83 bits per heavy atom. The van der Waals surface area contributed by atoms with Crippen molar-refractivity contribution in [3.63, 3.8) is 0 Å². The number of hydrogen-bond donors (Lipinski definition) is 4. The molecule has 0 aromatic heterocycles. The monoisotopic (exact) mass is 248 g/mol. The van der Waals surface area contributed by atoms with Crippen molar-refractivity contribution in [1.82, 2.24) is 0 Å². The fraction of sp³-hybridized carbons (Fsp3) is 0.100. The van der Waals surface area contributed by atoms with Crippen molar-refractivity contribution in [2.24, 2.45) is 27.2 Å². The number of nitrogens with two attached hydrogens (primary N) is 3. The highest BCUT2D eigenvalue weighted by Crippen LogP contribution is 2.31. The maximum atomic E-state index is 11.2. The Hall–Kier alpha value is -2.77. The normalized spacial score (nSPS) is 14.2. The van der Waals surface area contributed by atoms with Gasteiger partial charge in [0, 0.05) is 0 Å². The van der Waals surface area contributed by atoms with Crippen molar-refractivity contribution in [3.8, 4) is 5.75 Å². The van der Waals surface area contributed by atoms with E-state index in [9.17, 15) is 4.79 Å². The number of fused-ring (bicyclic) bond motifs is 1. The van der Waals surface area contributed by atoms with Crippen LogP contribution in [0.2, 0.25) is 0 Å². The maximum absolute atomic E-state index is 11.2. The molecule has 0 radical (unpaired) electrons. The van der Waals surface area contributed by atoms with Gasteiger partial charge in [0.15, 0.2) is 12.6 Å². The second-order valence-electron chi connectivity index (χ2n) is 3.52. The molecular formula is C10H12N6O2. The molecule has 1 amide bonds. The SMILES string of the molecule is NC(N)=NC(N)=Nc1ccc2c(c1)NC(=O)CO2. The summed E-state index contributed by atoms with van der Waals surface area (Å²) >= 11 is 0. The van der Waals surface area contributed by atoms with Crippen molar-refractivity contribution in [1.29, 1.82) is 0 Å². The minimum Gasteiger partial charge on any atom is -0.482 e. The van der Waals surface area contributed by atoms with Gasteiger partial charge in [0.2, 0.25) is 5.96 Å². The van der Waals surface area contributed by atoms with Crippen LogP contribution >= 0.6 is 0 Å². The molecule has 0 atom stereocenters. The van der Waals surface area contributed by atoms with E-state index in [-0.39, 0.29) is 24.4 Å². The molecule has 1 heterocycles. The number of carbonyl (C=O) groups is 1. The van der Waals surface area contributed by atoms with Gasteiger partial charge in [0.05, 0.1) is 11.4 Å².